The van der Waals surface area contributed by atoms with Crippen molar-refractivity contribution in [2.75, 3.05) is 30.0 Å². The molecule has 2 aliphatic heterocycles. The fourth-order valence-electron chi connectivity index (χ4n) is 3.23. The molecular formula is C18H22N2O4S. The van der Waals surface area contributed by atoms with Crippen LogP contribution >= 0.6 is 0 Å². The highest BCUT2D eigenvalue weighted by molar-refractivity contribution is 7.91. The van der Waals surface area contributed by atoms with Gasteiger partial charge in [0, 0.05) is 37.8 Å². The smallest absolute Gasteiger partial charge is 0.246 e. The molecule has 0 aliphatic carbocycles. The number of nitrogens with zero attached hydrogens (tertiary/aromatic N) is 2. The number of benzene rings is 1. The summed E-state index contributed by atoms with van der Waals surface area (Å²) in [5, 5.41) is 0. The molecule has 1 unspecified atom stereocenters. The van der Waals surface area contributed by atoms with Gasteiger partial charge in [-0.1, -0.05) is 12.1 Å². The molecule has 0 aromatic heterocycles. The molecule has 0 spiro atoms. The van der Waals surface area contributed by atoms with Gasteiger partial charge in [0.2, 0.25) is 11.8 Å². The number of likely N-dealkylation sites (N-methyl/N-ethyl adjacent to an activating group) is 1. The molecule has 0 saturated carbocycles. The summed E-state index contributed by atoms with van der Waals surface area (Å²) in [7, 11) is -1.37. The van der Waals surface area contributed by atoms with Crippen molar-refractivity contribution in [1.82, 2.24) is 4.90 Å². The lowest BCUT2D eigenvalue weighted by Crippen LogP contribution is -2.36. The van der Waals surface area contributed by atoms with Crippen LogP contribution in [0.3, 0.4) is 0 Å². The van der Waals surface area contributed by atoms with Crippen molar-refractivity contribution in [3.63, 3.8) is 0 Å². The summed E-state index contributed by atoms with van der Waals surface area (Å²) >= 11 is 0. The molecule has 1 atom stereocenters. The van der Waals surface area contributed by atoms with E-state index in [0.717, 1.165) is 24.2 Å². The molecule has 2 aliphatic rings. The average Bonchev–Trinajstić information content (AvgIpc) is 3.17. The monoisotopic (exact) mass is 362 g/mol. The van der Waals surface area contributed by atoms with Gasteiger partial charge in [0.25, 0.3) is 0 Å². The van der Waals surface area contributed by atoms with Crippen LogP contribution < -0.4 is 4.90 Å². The maximum atomic E-state index is 12.2. The third-order valence-electron chi connectivity index (χ3n) is 4.80. The van der Waals surface area contributed by atoms with Crippen LogP contribution in [0, 0.1) is 0 Å². The first-order chi connectivity index (χ1) is 11.9. The first-order valence-corrected chi connectivity index (χ1v) is 10.2. The van der Waals surface area contributed by atoms with E-state index < -0.39 is 9.84 Å². The Balaban J connectivity index is 1.61. The zero-order valence-corrected chi connectivity index (χ0v) is 15.0. The fourth-order valence-corrected chi connectivity index (χ4v) is 5.01. The Morgan fingerprint density at radius 1 is 1.28 bits per heavy atom. The van der Waals surface area contributed by atoms with E-state index >= 15 is 0 Å². The third-order valence-corrected chi connectivity index (χ3v) is 6.55. The molecule has 3 rings (SSSR count). The van der Waals surface area contributed by atoms with Gasteiger partial charge in [-0.05, 0) is 36.6 Å². The normalized spacial score (nSPS) is 22.7. The summed E-state index contributed by atoms with van der Waals surface area (Å²) in [5.41, 5.74) is 1.73. The molecule has 2 heterocycles. The van der Waals surface area contributed by atoms with Crippen molar-refractivity contribution < 1.29 is 18.0 Å². The highest BCUT2D eigenvalue weighted by Crippen LogP contribution is 2.22. The maximum Gasteiger partial charge on any atom is 0.246 e. The van der Waals surface area contributed by atoms with Crippen LogP contribution in [-0.4, -0.2) is 56.3 Å². The molecule has 1 aromatic carbocycles. The van der Waals surface area contributed by atoms with Crippen LogP contribution in [-0.2, 0) is 19.4 Å². The lowest BCUT2D eigenvalue weighted by Gasteiger charge is -2.21. The Hall–Kier alpha value is -2.15. The van der Waals surface area contributed by atoms with E-state index in [1.165, 1.54) is 11.0 Å². The van der Waals surface area contributed by atoms with Crippen molar-refractivity contribution in [1.29, 1.82) is 0 Å². The predicted octanol–water partition coefficient (Wildman–Crippen LogP) is 1.47. The minimum absolute atomic E-state index is 0.0433. The van der Waals surface area contributed by atoms with E-state index in [1.54, 1.807) is 18.0 Å². The molecule has 0 bridgehead atoms. The van der Waals surface area contributed by atoms with Crippen molar-refractivity contribution in [2.45, 2.75) is 25.3 Å². The quantitative estimate of drug-likeness (QED) is 0.760. The molecule has 2 amide bonds. The van der Waals surface area contributed by atoms with Crippen molar-refractivity contribution in [2.24, 2.45) is 0 Å². The Morgan fingerprint density at radius 2 is 2.00 bits per heavy atom. The summed E-state index contributed by atoms with van der Waals surface area (Å²) in [6.45, 7) is 0.752. The number of carbonyl (C=O) groups is 2. The molecule has 1 aromatic rings. The molecule has 2 fully saturated rings. The largest absolute Gasteiger partial charge is 0.338 e. The Bertz CT molecular complexity index is 799. The summed E-state index contributed by atoms with van der Waals surface area (Å²) in [5.74, 6) is 0.129. The molecular weight excluding hydrogens is 340 g/mol. The van der Waals surface area contributed by atoms with Gasteiger partial charge in [0.15, 0.2) is 9.84 Å². The number of amides is 2. The lowest BCUT2D eigenvalue weighted by molar-refractivity contribution is -0.126. The zero-order chi connectivity index (χ0) is 18.0. The SMILES string of the molecule is CN(C(=O)/C=C/c1ccc(N2CCCC2=O)cc1)C1CCS(=O)(=O)C1. The molecule has 25 heavy (non-hydrogen) atoms. The standard InChI is InChI=1S/C18H22N2O4S/c1-19(16-10-12-25(23,24)13-16)17(21)9-6-14-4-7-15(8-5-14)20-11-2-3-18(20)22/h4-9,16H,2-3,10-13H2,1H3/b9-6+. The molecule has 6 nitrogen and oxygen atoms in total. The number of hydrogen-bond acceptors (Lipinski definition) is 4. The van der Waals surface area contributed by atoms with Gasteiger partial charge < -0.3 is 9.80 Å². The molecule has 7 heteroatoms. The fraction of sp³-hybridized carbons (Fsp3) is 0.444. The Kier molecular flexibility index (Phi) is 4.94. The minimum Gasteiger partial charge on any atom is -0.338 e. The third kappa shape index (κ3) is 4.10. The van der Waals surface area contributed by atoms with Crippen LogP contribution in [0.5, 0.6) is 0 Å². The second kappa shape index (κ2) is 7.00. The topological polar surface area (TPSA) is 74.8 Å². The minimum atomic E-state index is -3.01. The van der Waals surface area contributed by atoms with Gasteiger partial charge in [-0.25, -0.2) is 8.42 Å². The molecule has 0 N–H and O–H groups in total. The summed E-state index contributed by atoms with van der Waals surface area (Å²) < 4.78 is 23.1. The van der Waals surface area contributed by atoms with E-state index in [9.17, 15) is 18.0 Å². The number of hydrogen-bond donors (Lipinski definition) is 0. The molecule has 134 valence electrons. The van der Waals surface area contributed by atoms with Gasteiger partial charge in [-0.2, -0.15) is 0 Å². The van der Waals surface area contributed by atoms with Gasteiger partial charge >= 0.3 is 0 Å². The lowest BCUT2D eigenvalue weighted by atomic mass is 10.1. The highest BCUT2D eigenvalue weighted by atomic mass is 32.2. The summed E-state index contributed by atoms with van der Waals surface area (Å²) in [6.07, 6.45) is 5.15. The predicted molar refractivity (Wildman–Crippen MR) is 96.9 cm³/mol. The van der Waals surface area contributed by atoms with Gasteiger partial charge in [0.05, 0.1) is 11.5 Å². The van der Waals surface area contributed by atoms with Gasteiger partial charge in [0.1, 0.15) is 0 Å². The molecule has 2 saturated heterocycles. The van der Waals surface area contributed by atoms with Crippen LogP contribution in [0.25, 0.3) is 6.08 Å². The highest BCUT2D eigenvalue weighted by Gasteiger charge is 2.32. The van der Waals surface area contributed by atoms with Crippen LogP contribution in [0.15, 0.2) is 30.3 Å². The van der Waals surface area contributed by atoms with Crippen LogP contribution in [0.2, 0.25) is 0 Å². The van der Waals surface area contributed by atoms with Crippen molar-refractivity contribution >= 4 is 33.4 Å². The maximum absolute atomic E-state index is 12.2. The van der Waals surface area contributed by atoms with Crippen LogP contribution in [0.1, 0.15) is 24.8 Å². The molecule has 0 radical (unpaired) electrons. The number of anilines is 1. The Labute approximate surface area is 148 Å². The first kappa shape index (κ1) is 17.7. The van der Waals surface area contributed by atoms with Gasteiger partial charge in [-0.15, -0.1) is 0 Å². The Morgan fingerprint density at radius 3 is 2.56 bits per heavy atom. The number of carbonyl (C=O) groups excluding carboxylic acids is 2. The summed E-state index contributed by atoms with van der Waals surface area (Å²) in [6, 6.07) is 7.24. The van der Waals surface area contributed by atoms with E-state index in [0.29, 0.717) is 12.8 Å². The number of sulfone groups is 1. The van der Waals surface area contributed by atoms with Crippen LogP contribution in [0.4, 0.5) is 5.69 Å². The zero-order valence-electron chi connectivity index (χ0n) is 14.2. The van der Waals surface area contributed by atoms with Crippen molar-refractivity contribution in [3.8, 4) is 0 Å². The van der Waals surface area contributed by atoms with E-state index in [-0.39, 0.29) is 29.4 Å². The average molecular weight is 362 g/mol. The second-order valence-electron chi connectivity index (χ2n) is 6.58. The van der Waals surface area contributed by atoms with E-state index in [4.69, 9.17) is 0 Å². The van der Waals surface area contributed by atoms with Crippen molar-refractivity contribution in [3.05, 3.63) is 35.9 Å². The first-order valence-electron chi connectivity index (χ1n) is 8.41. The number of rotatable bonds is 4. The van der Waals surface area contributed by atoms with E-state index in [2.05, 4.69) is 0 Å². The summed E-state index contributed by atoms with van der Waals surface area (Å²) in [4.78, 5) is 27.2. The van der Waals surface area contributed by atoms with E-state index in [1.807, 2.05) is 24.3 Å². The second-order valence-corrected chi connectivity index (χ2v) is 8.81. The van der Waals surface area contributed by atoms with Gasteiger partial charge in [-0.3, -0.25) is 9.59 Å².